The molecule has 0 N–H and O–H groups in total. The minimum atomic E-state index is -0.269. The van der Waals surface area contributed by atoms with Crippen molar-refractivity contribution in [2.24, 2.45) is 0 Å². The first-order chi connectivity index (χ1) is 11.7. The Morgan fingerprint density at radius 2 is 1.83 bits per heavy atom. The third-order valence-electron chi connectivity index (χ3n) is 3.62. The monoisotopic (exact) mass is 337 g/mol. The number of nitrogens with zero attached hydrogens (tertiary/aromatic N) is 5. The quantitative estimate of drug-likeness (QED) is 0.421. The molecule has 5 nitrogen and oxygen atoms in total. The Bertz CT molecular complexity index is 1010. The van der Waals surface area contributed by atoms with E-state index in [4.69, 9.17) is 0 Å². The summed E-state index contributed by atoms with van der Waals surface area (Å²) in [5.74, 6) is -0.269. The fraction of sp³-hybridized carbons (Fsp3) is 0.0588. The van der Waals surface area contributed by atoms with E-state index >= 15 is 0 Å². The fourth-order valence-corrected chi connectivity index (χ4v) is 2.79. The topological polar surface area (TPSA) is 56.0 Å². The summed E-state index contributed by atoms with van der Waals surface area (Å²) in [6.45, 7) is 0. The molecule has 4 rings (SSSR count). The Morgan fingerprint density at radius 1 is 1.00 bits per heavy atom. The lowest BCUT2D eigenvalue weighted by Crippen LogP contribution is -1.96. The Hall–Kier alpha value is -2.80. The lowest BCUT2D eigenvalue weighted by molar-refractivity contribution is 0.628. The molecule has 7 heteroatoms. The first-order valence-corrected chi connectivity index (χ1v) is 8.45. The van der Waals surface area contributed by atoms with E-state index in [1.54, 1.807) is 29.2 Å². The second kappa shape index (κ2) is 6.01. The number of hydrogen-bond donors (Lipinski definition) is 0. The minimum absolute atomic E-state index is 0.269. The van der Waals surface area contributed by atoms with Gasteiger partial charge in [0.1, 0.15) is 5.82 Å². The fourth-order valence-electron chi connectivity index (χ4n) is 2.44. The van der Waals surface area contributed by atoms with E-state index in [-0.39, 0.29) is 5.82 Å². The molecule has 0 aliphatic carbocycles. The molecule has 0 aliphatic rings. The van der Waals surface area contributed by atoms with Crippen LogP contribution in [0.25, 0.3) is 28.0 Å². The van der Waals surface area contributed by atoms with Gasteiger partial charge in [-0.1, -0.05) is 11.8 Å². The first-order valence-electron chi connectivity index (χ1n) is 7.23. The Labute approximate surface area is 141 Å². The van der Waals surface area contributed by atoms with Gasteiger partial charge in [0.15, 0.2) is 5.16 Å². The molecular formula is C17H12FN5S. The number of benzene rings is 1. The van der Waals surface area contributed by atoms with Gasteiger partial charge in [0.2, 0.25) is 0 Å². The van der Waals surface area contributed by atoms with Gasteiger partial charge in [0.25, 0.3) is 0 Å². The maximum Gasteiger partial charge on any atom is 0.187 e. The van der Waals surface area contributed by atoms with Crippen LogP contribution in [0.3, 0.4) is 0 Å². The van der Waals surface area contributed by atoms with Gasteiger partial charge in [-0.2, -0.15) is 9.73 Å². The molecule has 0 amide bonds. The van der Waals surface area contributed by atoms with Crippen LogP contribution in [0.2, 0.25) is 0 Å². The van der Waals surface area contributed by atoms with E-state index in [1.165, 1.54) is 23.9 Å². The zero-order valence-electron chi connectivity index (χ0n) is 12.7. The summed E-state index contributed by atoms with van der Waals surface area (Å²) >= 11 is 1.49. The molecule has 0 saturated carbocycles. The lowest BCUT2D eigenvalue weighted by atomic mass is 10.1. The van der Waals surface area contributed by atoms with Crippen LogP contribution in [0.15, 0.2) is 60.0 Å². The van der Waals surface area contributed by atoms with Crippen molar-refractivity contribution in [3.63, 3.8) is 0 Å². The van der Waals surface area contributed by atoms with E-state index in [2.05, 4.69) is 20.2 Å². The summed E-state index contributed by atoms with van der Waals surface area (Å²) in [5, 5.41) is 9.53. The molecule has 1 aromatic carbocycles. The number of aromatic nitrogens is 5. The Balaban J connectivity index is 1.79. The summed E-state index contributed by atoms with van der Waals surface area (Å²) in [5.41, 5.74) is 4.12. The van der Waals surface area contributed by atoms with Crippen molar-refractivity contribution >= 4 is 17.3 Å². The van der Waals surface area contributed by atoms with Crippen molar-refractivity contribution in [2.75, 3.05) is 6.26 Å². The molecule has 0 fully saturated rings. The molecule has 0 bridgehead atoms. The molecule has 0 spiro atoms. The van der Waals surface area contributed by atoms with Crippen molar-refractivity contribution in [1.82, 2.24) is 24.8 Å². The average Bonchev–Trinajstić information content (AvgIpc) is 3.05. The maximum atomic E-state index is 13.1. The van der Waals surface area contributed by atoms with Crippen LogP contribution in [0.5, 0.6) is 0 Å². The molecule has 24 heavy (non-hydrogen) atoms. The Kier molecular flexibility index (Phi) is 3.70. The molecular weight excluding hydrogens is 325 g/mol. The molecule has 0 unspecified atom stereocenters. The molecule has 3 aromatic heterocycles. The van der Waals surface area contributed by atoms with E-state index in [0.717, 1.165) is 28.0 Å². The predicted octanol–water partition coefficient (Wildman–Crippen LogP) is 3.71. The van der Waals surface area contributed by atoms with E-state index < -0.39 is 0 Å². The second-order valence-corrected chi connectivity index (χ2v) is 5.86. The highest BCUT2D eigenvalue weighted by molar-refractivity contribution is 7.98. The van der Waals surface area contributed by atoms with Crippen LogP contribution in [-0.4, -0.2) is 31.1 Å². The molecule has 4 aromatic rings. The van der Waals surface area contributed by atoms with E-state index in [0.29, 0.717) is 5.16 Å². The van der Waals surface area contributed by atoms with Gasteiger partial charge in [-0.3, -0.25) is 0 Å². The van der Waals surface area contributed by atoms with Crippen molar-refractivity contribution in [2.45, 2.75) is 5.16 Å². The smallest absolute Gasteiger partial charge is 0.187 e. The number of hydrogen-bond acceptors (Lipinski definition) is 5. The molecule has 3 heterocycles. The highest BCUT2D eigenvalue weighted by atomic mass is 32.2. The molecule has 0 aliphatic heterocycles. The molecule has 0 saturated heterocycles. The summed E-state index contributed by atoms with van der Waals surface area (Å²) < 4.78 is 14.6. The third-order valence-corrected chi connectivity index (χ3v) is 4.18. The normalized spacial score (nSPS) is 11.1. The van der Waals surface area contributed by atoms with Crippen LogP contribution in [0.1, 0.15) is 0 Å². The third kappa shape index (κ3) is 2.63. The van der Waals surface area contributed by atoms with Crippen LogP contribution in [-0.2, 0) is 0 Å². The number of rotatable bonds is 3. The summed E-state index contributed by atoms with van der Waals surface area (Å²) in [6, 6.07) is 11.9. The van der Waals surface area contributed by atoms with Crippen molar-refractivity contribution < 1.29 is 4.39 Å². The van der Waals surface area contributed by atoms with Crippen LogP contribution >= 0.6 is 11.8 Å². The van der Waals surface area contributed by atoms with Crippen LogP contribution in [0, 0.1) is 5.82 Å². The number of thioether (sulfide) groups is 1. The average molecular weight is 337 g/mol. The van der Waals surface area contributed by atoms with Crippen molar-refractivity contribution in [3.05, 3.63) is 60.7 Å². The van der Waals surface area contributed by atoms with E-state index in [1.807, 2.05) is 24.5 Å². The lowest BCUT2D eigenvalue weighted by Gasteiger charge is -2.03. The predicted molar refractivity (Wildman–Crippen MR) is 91.2 cm³/mol. The highest BCUT2D eigenvalue weighted by Gasteiger charge is 2.11. The minimum Gasteiger partial charge on any atom is -0.231 e. The van der Waals surface area contributed by atoms with Gasteiger partial charge >= 0.3 is 0 Å². The van der Waals surface area contributed by atoms with Gasteiger partial charge in [-0.05, 0) is 48.7 Å². The largest absolute Gasteiger partial charge is 0.231 e. The zero-order chi connectivity index (χ0) is 16.5. The SMILES string of the molecule is CSc1nccc(-c2cnn3nc(-c4ccc(F)cc4)ccc23)n1. The van der Waals surface area contributed by atoms with Crippen molar-refractivity contribution in [1.29, 1.82) is 0 Å². The van der Waals surface area contributed by atoms with Gasteiger partial charge in [-0.15, -0.1) is 5.10 Å². The molecule has 0 atom stereocenters. The first kappa shape index (κ1) is 14.8. The van der Waals surface area contributed by atoms with Crippen LogP contribution in [0.4, 0.5) is 4.39 Å². The second-order valence-electron chi connectivity index (χ2n) is 5.09. The van der Waals surface area contributed by atoms with Gasteiger partial charge < -0.3 is 0 Å². The number of halogens is 1. The summed E-state index contributed by atoms with van der Waals surface area (Å²) in [6.07, 6.45) is 5.41. The van der Waals surface area contributed by atoms with E-state index in [9.17, 15) is 4.39 Å². The molecule has 0 radical (unpaired) electrons. The highest BCUT2D eigenvalue weighted by Crippen LogP contribution is 2.25. The maximum absolute atomic E-state index is 13.1. The van der Waals surface area contributed by atoms with Crippen LogP contribution < -0.4 is 0 Å². The standard InChI is InChI=1S/C17H12FN5S/c1-24-17-19-9-8-15(21-17)13-10-20-23-16(13)7-6-14(22-23)11-2-4-12(18)5-3-11/h2-10H,1H3. The number of fused-ring (bicyclic) bond motifs is 1. The van der Waals surface area contributed by atoms with Gasteiger partial charge in [0, 0.05) is 17.3 Å². The summed E-state index contributed by atoms with van der Waals surface area (Å²) in [7, 11) is 0. The van der Waals surface area contributed by atoms with Gasteiger partial charge in [-0.25, -0.2) is 14.4 Å². The Morgan fingerprint density at radius 3 is 2.62 bits per heavy atom. The van der Waals surface area contributed by atoms with Crippen molar-refractivity contribution in [3.8, 4) is 22.5 Å². The molecule has 118 valence electrons. The zero-order valence-corrected chi connectivity index (χ0v) is 13.5. The van der Waals surface area contributed by atoms with Gasteiger partial charge in [0.05, 0.1) is 23.1 Å². The summed E-state index contributed by atoms with van der Waals surface area (Å²) in [4.78, 5) is 8.69.